The summed E-state index contributed by atoms with van der Waals surface area (Å²) in [6.07, 6.45) is -5.94. The molecule has 3 aromatic rings. The molecule has 3 rings (SSSR count). The van der Waals surface area contributed by atoms with Gasteiger partial charge in [-0.25, -0.2) is 18.3 Å². The molecule has 0 saturated heterocycles. The minimum Gasteiger partial charge on any atom is -0.227 e. The molecule has 0 fully saturated rings. The van der Waals surface area contributed by atoms with Gasteiger partial charge in [0.2, 0.25) is 0 Å². The minimum absolute atomic E-state index is 0.141. The highest BCUT2D eigenvalue weighted by Gasteiger charge is 2.30. The molecule has 0 unspecified atom stereocenters. The molecule has 3 nitrogen and oxygen atoms in total. The van der Waals surface area contributed by atoms with Gasteiger partial charge in [-0.1, -0.05) is 12.1 Å². The summed E-state index contributed by atoms with van der Waals surface area (Å²) in [5, 5.41) is 3.80. The Morgan fingerprint density at radius 2 is 1.74 bits per heavy atom. The van der Waals surface area contributed by atoms with Crippen molar-refractivity contribution in [1.82, 2.24) is 14.6 Å². The van der Waals surface area contributed by atoms with Crippen molar-refractivity contribution in [2.75, 3.05) is 0 Å². The molecule has 2 heterocycles. The summed E-state index contributed by atoms with van der Waals surface area (Å²) in [7, 11) is 0. The number of nitrogens with zero attached hydrogens (tertiary/aromatic N) is 3. The van der Waals surface area contributed by atoms with Crippen LogP contribution in [0.5, 0.6) is 0 Å². The number of aromatic nitrogens is 3. The van der Waals surface area contributed by atoms with Gasteiger partial charge >= 0.3 is 6.18 Å². The van der Waals surface area contributed by atoms with Crippen molar-refractivity contribution in [2.45, 2.75) is 12.6 Å². The second-order valence-corrected chi connectivity index (χ2v) is 5.52. The Kier molecular flexibility index (Phi) is 3.83. The van der Waals surface area contributed by atoms with Crippen molar-refractivity contribution >= 4 is 21.6 Å². The van der Waals surface area contributed by atoms with Gasteiger partial charge in [-0.15, -0.1) is 0 Å². The predicted molar refractivity (Wildman–Crippen MR) is 76.1 cm³/mol. The summed E-state index contributed by atoms with van der Waals surface area (Å²) < 4.78 is 65.5. The SMILES string of the molecule is FC(F)c1cc(-c2ccc(C(F)(F)F)cc2)nc2c(Br)cnn12. The van der Waals surface area contributed by atoms with Gasteiger partial charge in [-0.05, 0) is 34.1 Å². The Labute approximate surface area is 134 Å². The number of halogens is 6. The van der Waals surface area contributed by atoms with Crippen molar-refractivity contribution in [3.8, 4) is 11.3 Å². The number of rotatable bonds is 2. The van der Waals surface area contributed by atoms with Gasteiger partial charge in [0.1, 0.15) is 5.69 Å². The van der Waals surface area contributed by atoms with Crippen LogP contribution in [-0.2, 0) is 6.18 Å². The molecule has 0 aliphatic carbocycles. The smallest absolute Gasteiger partial charge is 0.227 e. The lowest BCUT2D eigenvalue weighted by atomic mass is 10.1. The summed E-state index contributed by atoms with van der Waals surface area (Å²) in [6.45, 7) is 0. The van der Waals surface area contributed by atoms with Crippen LogP contribution in [0.25, 0.3) is 16.9 Å². The number of alkyl halides is 5. The van der Waals surface area contributed by atoms with Gasteiger partial charge in [0, 0.05) is 5.56 Å². The van der Waals surface area contributed by atoms with E-state index in [0.717, 1.165) is 22.7 Å². The molecule has 120 valence electrons. The zero-order valence-corrected chi connectivity index (χ0v) is 12.7. The Morgan fingerprint density at radius 3 is 2.30 bits per heavy atom. The van der Waals surface area contributed by atoms with E-state index in [1.807, 2.05) is 0 Å². The van der Waals surface area contributed by atoms with E-state index in [2.05, 4.69) is 26.0 Å². The molecule has 2 aromatic heterocycles. The van der Waals surface area contributed by atoms with E-state index in [-0.39, 0.29) is 11.3 Å². The van der Waals surface area contributed by atoms with E-state index >= 15 is 0 Å². The predicted octanol–water partition coefficient (Wildman–Crippen LogP) is 5.12. The standard InChI is InChI=1S/C14H7BrF5N3/c15-9-6-21-23-11(12(16)17)5-10(22-13(9)23)7-1-3-8(4-2-7)14(18,19)20/h1-6,12H. The molecule has 0 aliphatic rings. The lowest BCUT2D eigenvalue weighted by Gasteiger charge is -2.09. The van der Waals surface area contributed by atoms with Crippen LogP contribution >= 0.6 is 15.9 Å². The van der Waals surface area contributed by atoms with E-state index < -0.39 is 23.9 Å². The van der Waals surface area contributed by atoms with Crippen molar-refractivity contribution in [1.29, 1.82) is 0 Å². The lowest BCUT2D eigenvalue weighted by Crippen LogP contribution is -2.05. The summed E-state index contributed by atoms with van der Waals surface area (Å²) in [5.41, 5.74) is -0.603. The highest BCUT2D eigenvalue weighted by molar-refractivity contribution is 9.10. The molecule has 0 spiro atoms. The van der Waals surface area contributed by atoms with E-state index in [0.29, 0.717) is 10.0 Å². The fourth-order valence-corrected chi connectivity index (χ4v) is 2.44. The molecule has 0 amide bonds. The van der Waals surface area contributed by atoms with Crippen LogP contribution < -0.4 is 0 Å². The van der Waals surface area contributed by atoms with E-state index in [1.165, 1.54) is 18.3 Å². The molecule has 0 aliphatic heterocycles. The Bertz CT molecular complexity index is 855. The van der Waals surface area contributed by atoms with Crippen LogP contribution in [0.2, 0.25) is 0 Å². The molecule has 1 aromatic carbocycles. The normalized spacial score (nSPS) is 12.3. The number of benzene rings is 1. The summed E-state index contributed by atoms with van der Waals surface area (Å²) >= 11 is 3.16. The van der Waals surface area contributed by atoms with Gasteiger partial charge in [-0.2, -0.15) is 18.3 Å². The lowest BCUT2D eigenvalue weighted by molar-refractivity contribution is -0.137. The molecular formula is C14H7BrF5N3. The molecule has 0 bridgehead atoms. The fourth-order valence-electron chi connectivity index (χ4n) is 2.09. The van der Waals surface area contributed by atoms with Crippen LogP contribution in [0.15, 0.2) is 41.0 Å². The van der Waals surface area contributed by atoms with Crippen molar-refractivity contribution in [3.63, 3.8) is 0 Å². The third-order valence-electron chi connectivity index (χ3n) is 3.19. The zero-order valence-electron chi connectivity index (χ0n) is 11.2. The second kappa shape index (κ2) is 5.55. The van der Waals surface area contributed by atoms with Crippen LogP contribution in [0.3, 0.4) is 0 Å². The summed E-state index contributed by atoms with van der Waals surface area (Å²) in [4.78, 5) is 4.18. The largest absolute Gasteiger partial charge is 0.416 e. The fraction of sp³-hybridized carbons (Fsp3) is 0.143. The summed E-state index contributed by atoms with van der Waals surface area (Å²) in [5.74, 6) is 0. The van der Waals surface area contributed by atoms with Gasteiger partial charge in [0.05, 0.1) is 21.9 Å². The quantitative estimate of drug-likeness (QED) is 0.567. The first-order chi connectivity index (χ1) is 10.8. The molecule has 0 radical (unpaired) electrons. The maximum Gasteiger partial charge on any atom is 0.416 e. The number of hydrogen-bond acceptors (Lipinski definition) is 2. The van der Waals surface area contributed by atoms with Crippen LogP contribution in [-0.4, -0.2) is 14.6 Å². The zero-order chi connectivity index (χ0) is 16.8. The average molecular weight is 392 g/mol. The molecule has 23 heavy (non-hydrogen) atoms. The third-order valence-corrected chi connectivity index (χ3v) is 3.75. The van der Waals surface area contributed by atoms with Gasteiger partial charge in [0.25, 0.3) is 6.43 Å². The first kappa shape index (κ1) is 15.9. The molecule has 0 saturated carbocycles. The highest BCUT2D eigenvalue weighted by Crippen LogP contribution is 2.32. The van der Waals surface area contributed by atoms with Gasteiger partial charge < -0.3 is 0 Å². The van der Waals surface area contributed by atoms with Crippen molar-refractivity contribution in [3.05, 3.63) is 52.3 Å². The number of hydrogen-bond donors (Lipinski definition) is 0. The van der Waals surface area contributed by atoms with Crippen LogP contribution in [0, 0.1) is 0 Å². The highest BCUT2D eigenvalue weighted by atomic mass is 79.9. The Hall–Kier alpha value is -2.03. The number of fused-ring (bicyclic) bond motifs is 1. The molecule has 0 N–H and O–H groups in total. The van der Waals surface area contributed by atoms with Crippen molar-refractivity contribution < 1.29 is 22.0 Å². The van der Waals surface area contributed by atoms with Crippen LogP contribution in [0.1, 0.15) is 17.7 Å². The van der Waals surface area contributed by atoms with E-state index in [1.54, 1.807) is 0 Å². The monoisotopic (exact) mass is 391 g/mol. The maximum atomic E-state index is 13.2. The molecular weight excluding hydrogens is 385 g/mol. The topological polar surface area (TPSA) is 30.2 Å². The van der Waals surface area contributed by atoms with Crippen molar-refractivity contribution in [2.24, 2.45) is 0 Å². The molecule has 0 atom stereocenters. The Morgan fingerprint density at radius 1 is 1.09 bits per heavy atom. The van der Waals surface area contributed by atoms with Gasteiger partial charge in [0.15, 0.2) is 5.65 Å². The first-order valence-electron chi connectivity index (χ1n) is 6.27. The van der Waals surface area contributed by atoms with E-state index in [9.17, 15) is 22.0 Å². The summed E-state index contributed by atoms with van der Waals surface area (Å²) in [6, 6.07) is 5.27. The second-order valence-electron chi connectivity index (χ2n) is 4.67. The first-order valence-corrected chi connectivity index (χ1v) is 7.06. The van der Waals surface area contributed by atoms with Crippen LogP contribution in [0.4, 0.5) is 22.0 Å². The van der Waals surface area contributed by atoms with E-state index in [4.69, 9.17) is 0 Å². The third kappa shape index (κ3) is 2.92. The average Bonchev–Trinajstić information content (AvgIpc) is 2.87. The Balaban J connectivity index is 2.14. The molecule has 9 heteroatoms. The minimum atomic E-state index is -4.46. The maximum absolute atomic E-state index is 13.2. The van der Waals surface area contributed by atoms with Gasteiger partial charge in [-0.3, -0.25) is 0 Å².